The molecule has 4 nitrogen and oxygen atoms in total. The van der Waals surface area contributed by atoms with Crippen LogP contribution in [0.2, 0.25) is 5.02 Å². The lowest BCUT2D eigenvalue weighted by molar-refractivity contribution is 1.29. The molecule has 16 aromatic carbocycles. The molecule has 0 atom stereocenters. The van der Waals surface area contributed by atoms with Crippen LogP contribution in [0.25, 0.3) is 103 Å². The summed E-state index contributed by atoms with van der Waals surface area (Å²) in [5.41, 5.74) is 17.4. The third kappa shape index (κ3) is 13.3. The Bertz CT molecular complexity index is 6360. The van der Waals surface area contributed by atoms with E-state index in [9.17, 15) is 0 Å². The van der Waals surface area contributed by atoms with E-state index in [2.05, 4.69) is 366 Å². The van der Waals surface area contributed by atoms with Crippen LogP contribution < -0.4 is 20.0 Å². The van der Waals surface area contributed by atoms with Crippen LogP contribution in [0.15, 0.2) is 388 Å². The van der Waals surface area contributed by atoms with Crippen molar-refractivity contribution >= 4 is 200 Å². The Morgan fingerprint density at radius 3 is 0.895 bits per heavy atom. The Labute approximate surface area is 630 Å². The molecule has 0 aliphatic carbocycles. The number of rotatable bonds is 13. The Hall–Kier alpha value is -12.1. The van der Waals surface area contributed by atoms with Crippen LogP contribution in [0, 0.1) is 0 Å². The first-order valence-electron chi connectivity index (χ1n) is 35.0. The number of halogens is 1. The number of para-hydroxylation sites is 6. The van der Waals surface area contributed by atoms with E-state index in [1.54, 1.807) is 11.3 Å². The van der Waals surface area contributed by atoms with E-state index in [-0.39, 0.29) is 0 Å². The van der Waals surface area contributed by atoms with Crippen LogP contribution in [0.5, 0.6) is 0 Å². The first kappa shape index (κ1) is 65.0. The lowest BCUT2D eigenvalue weighted by atomic mass is 10.0. The van der Waals surface area contributed by atoms with Crippen molar-refractivity contribution in [3.05, 3.63) is 393 Å². The van der Waals surface area contributed by atoms with Crippen molar-refractivity contribution in [2.24, 2.45) is 0 Å². The topological polar surface area (TPSA) is 21.8 Å². The lowest BCUT2D eigenvalue weighted by Crippen LogP contribution is -2.09. The van der Waals surface area contributed by atoms with E-state index in [4.69, 9.17) is 11.6 Å². The van der Waals surface area contributed by atoms with E-state index in [1.165, 1.54) is 103 Å². The molecule has 0 aliphatic rings. The summed E-state index contributed by atoms with van der Waals surface area (Å²) in [5, 5.41) is 14.6. The van der Waals surface area contributed by atoms with Crippen LogP contribution >= 0.6 is 56.9 Å². The molecule has 0 radical (unpaired) electrons. The van der Waals surface area contributed by atoms with Crippen LogP contribution in [0.1, 0.15) is 0 Å². The molecule has 1 N–H and O–H groups in total. The minimum Gasteiger partial charge on any atom is -0.356 e. The maximum atomic E-state index is 6.19. The number of benzene rings is 16. The highest BCUT2D eigenvalue weighted by Crippen LogP contribution is 2.47. The van der Waals surface area contributed by atoms with Crippen LogP contribution in [-0.2, 0) is 0 Å². The molecule has 0 bridgehead atoms. The molecule has 9 heteroatoms. The minimum atomic E-state index is 0.782. The van der Waals surface area contributed by atoms with Crippen molar-refractivity contribution in [1.82, 2.24) is 0 Å². The van der Waals surface area contributed by atoms with Gasteiger partial charge >= 0.3 is 0 Å². The summed E-state index contributed by atoms with van der Waals surface area (Å²) in [6.45, 7) is 0. The summed E-state index contributed by atoms with van der Waals surface area (Å²) in [5.74, 6) is 0. The molecule has 20 aromatic rings. The normalized spacial score (nSPS) is 11.3. The molecule has 20 rings (SSSR count). The number of nitrogens with zero attached hydrogens (tertiary/aromatic N) is 3. The maximum Gasteiger partial charge on any atom is 0.0476 e. The minimum absolute atomic E-state index is 0.782. The molecule has 0 saturated carbocycles. The van der Waals surface area contributed by atoms with Crippen molar-refractivity contribution in [3.8, 4) is 22.3 Å². The predicted molar refractivity (Wildman–Crippen MR) is 461 cm³/mol. The zero-order chi connectivity index (χ0) is 70.0. The van der Waals surface area contributed by atoms with Gasteiger partial charge in [0, 0.05) is 148 Å². The SMILES string of the molecule is Clc1ccc2c(c1)sc1ccc(N(c3ccccc3)c3ccccc3)cc12.c1ccc(N(c2ccc(-c3ccc4sc5ccccc5c4c3)cc2)c2ccc3c(c2)sc2ccc(N(c4ccccc4)c4ccccc4)cc23)cc1.c1ccc(Nc2ccc(-c3ccc4sc5ccccc5c4c3)cc2)cc1. The predicted octanol–water partition coefficient (Wildman–Crippen LogP) is 30.7. The molecule has 0 saturated heterocycles. The monoisotopic (exact) mass is 1440 g/mol. The molecular weight excluding hydrogens is 1370 g/mol. The molecule has 0 spiro atoms. The van der Waals surface area contributed by atoms with Gasteiger partial charge in [-0.3, -0.25) is 0 Å². The third-order valence-corrected chi connectivity index (χ3v) is 24.0. The highest BCUT2D eigenvalue weighted by molar-refractivity contribution is 7.27. The van der Waals surface area contributed by atoms with E-state index >= 15 is 0 Å². The number of nitrogens with one attached hydrogen (secondary N) is 1. The average Bonchev–Trinajstić information content (AvgIpc) is 1.65. The summed E-state index contributed by atoms with van der Waals surface area (Å²) in [7, 11) is 0. The third-order valence-electron chi connectivity index (χ3n) is 19.2. The molecule has 105 heavy (non-hydrogen) atoms. The first-order chi connectivity index (χ1) is 51.9. The van der Waals surface area contributed by atoms with Crippen LogP contribution in [0.3, 0.4) is 0 Å². The molecule has 4 heterocycles. The average molecular weight is 1440 g/mol. The second-order valence-corrected chi connectivity index (χ2v) is 30.6. The van der Waals surface area contributed by atoms with E-state index in [1.807, 2.05) is 76.5 Å². The molecule has 4 aromatic heterocycles. The Balaban J connectivity index is 0.000000124. The number of hydrogen-bond donors (Lipinski definition) is 1. The fourth-order valence-corrected chi connectivity index (χ4v) is 18.8. The Morgan fingerprint density at radius 2 is 0.457 bits per heavy atom. The van der Waals surface area contributed by atoms with Crippen LogP contribution in [-0.4, -0.2) is 0 Å². The summed E-state index contributed by atoms with van der Waals surface area (Å²) in [4.78, 5) is 6.98. The number of anilines is 11. The van der Waals surface area contributed by atoms with Gasteiger partial charge in [0.2, 0.25) is 0 Å². The summed E-state index contributed by atoms with van der Waals surface area (Å²) in [6, 6.07) is 138. The van der Waals surface area contributed by atoms with Crippen LogP contribution in [0.4, 0.5) is 62.6 Å². The van der Waals surface area contributed by atoms with Gasteiger partial charge in [0.05, 0.1) is 0 Å². The quantitative estimate of drug-likeness (QED) is 0.124. The fraction of sp³-hybridized carbons (Fsp3) is 0. The second-order valence-electron chi connectivity index (χ2n) is 25.8. The molecule has 0 aliphatic heterocycles. The Kier molecular flexibility index (Phi) is 17.9. The van der Waals surface area contributed by atoms with Gasteiger partial charge in [-0.05, 0) is 216 Å². The van der Waals surface area contributed by atoms with Crippen molar-refractivity contribution in [2.45, 2.75) is 0 Å². The fourth-order valence-electron chi connectivity index (χ4n) is 14.2. The van der Waals surface area contributed by atoms with Gasteiger partial charge in [0.1, 0.15) is 0 Å². The van der Waals surface area contributed by atoms with Gasteiger partial charge in [-0.15, -0.1) is 45.3 Å². The van der Waals surface area contributed by atoms with E-state index in [0.717, 1.165) is 67.6 Å². The van der Waals surface area contributed by atoms with E-state index in [0.29, 0.717) is 0 Å². The van der Waals surface area contributed by atoms with Crippen molar-refractivity contribution in [1.29, 1.82) is 0 Å². The van der Waals surface area contributed by atoms with Gasteiger partial charge in [-0.2, -0.15) is 0 Å². The molecule has 0 fully saturated rings. The van der Waals surface area contributed by atoms with Gasteiger partial charge in [0.25, 0.3) is 0 Å². The van der Waals surface area contributed by atoms with Crippen molar-refractivity contribution in [3.63, 3.8) is 0 Å². The Morgan fingerprint density at radius 1 is 0.181 bits per heavy atom. The van der Waals surface area contributed by atoms with Crippen molar-refractivity contribution < 1.29 is 0 Å². The smallest absolute Gasteiger partial charge is 0.0476 e. The molecule has 0 unspecified atom stereocenters. The summed E-state index contributed by atoms with van der Waals surface area (Å²) in [6.07, 6.45) is 0. The highest BCUT2D eigenvalue weighted by Gasteiger charge is 2.20. The molecule has 0 amide bonds. The molecular formula is C96H65ClN4S4. The van der Waals surface area contributed by atoms with Crippen molar-refractivity contribution in [2.75, 3.05) is 20.0 Å². The highest BCUT2D eigenvalue weighted by atomic mass is 35.5. The number of thiophene rings is 4. The number of fused-ring (bicyclic) bond motifs is 12. The summed E-state index contributed by atoms with van der Waals surface area (Å²) < 4.78 is 10.4. The standard InChI is InChI=1S/C48H32N2S2.C24H16ClNS.C24H17NS/c1-4-12-35(13-5-1)49(36-14-6-2-7-15-36)39-26-29-47-44(31-39)42-27-25-40(32-48(42)52-47)50(37-16-8-3-9-17-37)38-23-20-33(21-24-38)34-22-28-46-43(30-34)41-18-10-11-19-45(41)51-46;25-17-11-13-21-22-16-20(12-14-23(22)27-24(21)15-17)26(18-7-3-1-4-8-18)19-9-5-2-6-10-19;1-2-6-19(7-3-1)25-20-13-10-17(11-14-20)18-12-15-24-22(16-18)21-8-4-5-9-23(21)26-24/h1-32H;1-16H;1-16,25H. The second kappa shape index (κ2) is 29.0. The van der Waals surface area contributed by atoms with Gasteiger partial charge in [0.15, 0.2) is 0 Å². The number of hydrogen-bond acceptors (Lipinski definition) is 8. The zero-order valence-corrected chi connectivity index (χ0v) is 60.8. The van der Waals surface area contributed by atoms with E-state index < -0.39 is 0 Å². The van der Waals surface area contributed by atoms with Gasteiger partial charge in [-0.1, -0.05) is 206 Å². The largest absolute Gasteiger partial charge is 0.356 e. The zero-order valence-electron chi connectivity index (χ0n) is 56.8. The maximum absolute atomic E-state index is 6.19. The van der Waals surface area contributed by atoms with Gasteiger partial charge < -0.3 is 20.0 Å². The van der Waals surface area contributed by atoms with Gasteiger partial charge in [-0.25, -0.2) is 0 Å². The first-order valence-corrected chi connectivity index (χ1v) is 38.7. The summed E-state index contributed by atoms with van der Waals surface area (Å²) >= 11 is 13.5. The molecule has 500 valence electrons. The lowest BCUT2D eigenvalue weighted by Gasteiger charge is -2.26.